The maximum Gasteiger partial charge on any atom is 0.328 e. The van der Waals surface area contributed by atoms with Gasteiger partial charge in [-0.2, -0.15) is 0 Å². The molecule has 1 fully saturated rings. The zero-order chi connectivity index (χ0) is 22.4. The summed E-state index contributed by atoms with van der Waals surface area (Å²) in [6.07, 6.45) is 0. The fourth-order valence-corrected chi connectivity index (χ4v) is 9.76. The number of nitrogens with zero attached hydrogens (tertiary/aromatic N) is 1. The first-order valence-electron chi connectivity index (χ1n) is 9.72. The van der Waals surface area contributed by atoms with E-state index in [1.54, 1.807) is 31.2 Å². The first-order chi connectivity index (χ1) is 13.2. The molecule has 6 nitrogen and oxygen atoms in total. The van der Waals surface area contributed by atoms with E-state index < -0.39 is 35.5 Å². The summed E-state index contributed by atoms with van der Waals surface area (Å²) >= 11 is 0. The fraction of sp³-hybridized carbons (Fsp3) is 0.571. The van der Waals surface area contributed by atoms with Gasteiger partial charge in [-0.05, 0) is 36.6 Å². The summed E-state index contributed by atoms with van der Waals surface area (Å²) in [5.41, 5.74) is 1.39. The number of hydrogen-bond donors (Lipinski definition) is 0. The Balaban J connectivity index is 2.75. The van der Waals surface area contributed by atoms with Crippen LogP contribution in [0.5, 0.6) is 0 Å². The number of sulfonamides is 1. The molecule has 1 aromatic rings. The third kappa shape index (κ3) is 3.40. The molecule has 0 aromatic heterocycles. The Bertz CT molecular complexity index is 902. The van der Waals surface area contributed by atoms with Gasteiger partial charge in [0, 0.05) is 7.11 Å². The largest absolute Gasteiger partial charge is 0.465 e. The summed E-state index contributed by atoms with van der Waals surface area (Å²) in [6.45, 7) is 18.2. The zero-order valence-electron chi connectivity index (χ0n) is 18.7. The number of carbonyl (C=O) groups is 1. The third-order valence-electron chi connectivity index (χ3n) is 6.42. The molecule has 1 aliphatic rings. The van der Waals surface area contributed by atoms with Gasteiger partial charge in [-0.15, -0.1) is 4.31 Å². The van der Waals surface area contributed by atoms with Gasteiger partial charge in [0.05, 0.1) is 11.5 Å². The van der Waals surface area contributed by atoms with Crippen molar-refractivity contribution in [2.75, 3.05) is 13.7 Å². The van der Waals surface area contributed by atoms with Gasteiger partial charge in [-0.1, -0.05) is 58.1 Å². The molecule has 0 radical (unpaired) electrons. The van der Waals surface area contributed by atoms with Crippen molar-refractivity contribution in [3.05, 3.63) is 42.0 Å². The van der Waals surface area contributed by atoms with Crippen molar-refractivity contribution in [3.63, 3.8) is 0 Å². The number of esters is 1. The number of benzene rings is 1. The van der Waals surface area contributed by atoms with Crippen LogP contribution in [0.4, 0.5) is 0 Å². The van der Waals surface area contributed by atoms with Crippen molar-refractivity contribution in [3.8, 4) is 0 Å². The van der Waals surface area contributed by atoms with Crippen LogP contribution < -0.4 is 0 Å². The molecule has 8 heteroatoms. The van der Waals surface area contributed by atoms with E-state index in [4.69, 9.17) is 9.47 Å². The van der Waals surface area contributed by atoms with Gasteiger partial charge in [-0.25, -0.2) is 13.2 Å². The van der Waals surface area contributed by atoms with Gasteiger partial charge in [0.15, 0.2) is 0 Å². The van der Waals surface area contributed by atoms with Crippen molar-refractivity contribution in [1.82, 2.24) is 4.31 Å². The molecule has 1 aliphatic heterocycles. The number of carbonyl (C=O) groups excluding carboxylic acids is 1. The highest BCUT2D eigenvalue weighted by molar-refractivity contribution is 7.89. The van der Waals surface area contributed by atoms with Crippen LogP contribution in [-0.2, 0) is 24.3 Å². The molecule has 2 atom stereocenters. The van der Waals surface area contributed by atoms with Gasteiger partial charge >= 0.3 is 5.97 Å². The predicted molar refractivity (Wildman–Crippen MR) is 117 cm³/mol. The fourth-order valence-electron chi connectivity index (χ4n) is 3.84. The SMILES string of the molecule is C=C1[C@@H](C(=O)OCC)N(S(=O)(=O)c2ccc(C)cc2)C1(OC)[Si](C)(C)C(C)(C)C. The number of hydrogen-bond acceptors (Lipinski definition) is 5. The molecule has 1 aromatic carbocycles. The average molecular weight is 440 g/mol. The van der Waals surface area contributed by atoms with E-state index in [0.717, 1.165) is 5.56 Å². The molecule has 0 saturated carbocycles. The van der Waals surface area contributed by atoms with Crippen LogP contribution in [0.25, 0.3) is 0 Å². The maximum atomic E-state index is 13.8. The first-order valence-corrected chi connectivity index (χ1v) is 14.2. The molecule has 2 rings (SSSR count). The average Bonchev–Trinajstić information content (AvgIpc) is 2.59. The van der Waals surface area contributed by atoms with Gasteiger partial charge in [-0.3, -0.25) is 0 Å². The molecule has 162 valence electrons. The van der Waals surface area contributed by atoms with Crippen LogP contribution >= 0.6 is 0 Å². The van der Waals surface area contributed by atoms with E-state index in [1.807, 2.05) is 6.92 Å². The number of methoxy groups -OCH3 is 1. The highest BCUT2D eigenvalue weighted by Gasteiger charge is 2.73. The van der Waals surface area contributed by atoms with Gasteiger partial charge in [0.2, 0.25) is 10.0 Å². The molecular weight excluding hydrogens is 406 g/mol. The number of aryl methyl sites for hydroxylation is 1. The van der Waals surface area contributed by atoms with E-state index in [-0.39, 0.29) is 16.5 Å². The van der Waals surface area contributed by atoms with Crippen molar-refractivity contribution in [2.45, 2.75) is 69.0 Å². The lowest BCUT2D eigenvalue weighted by Gasteiger charge is -2.64. The van der Waals surface area contributed by atoms with Crippen LogP contribution in [0.2, 0.25) is 18.1 Å². The Morgan fingerprint density at radius 1 is 1.24 bits per heavy atom. The molecule has 0 bridgehead atoms. The van der Waals surface area contributed by atoms with Gasteiger partial charge < -0.3 is 9.47 Å². The van der Waals surface area contributed by atoms with Crippen molar-refractivity contribution in [2.24, 2.45) is 0 Å². The monoisotopic (exact) mass is 439 g/mol. The maximum absolute atomic E-state index is 13.8. The predicted octanol–water partition coefficient (Wildman–Crippen LogP) is 3.88. The lowest BCUT2D eigenvalue weighted by molar-refractivity contribution is -0.160. The highest BCUT2D eigenvalue weighted by atomic mass is 32.2. The smallest absolute Gasteiger partial charge is 0.328 e. The minimum absolute atomic E-state index is 0.116. The summed E-state index contributed by atoms with van der Waals surface area (Å²) < 4.78 is 39.9. The Labute approximate surface area is 176 Å². The summed E-state index contributed by atoms with van der Waals surface area (Å²) in [4.78, 5) is 12.8. The molecule has 1 unspecified atom stereocenters. The summed E-state index contributed by atoms with van der Waals surface area (Å²) in [5, 5.41) is -1.49. The quantitative estimate of drug-likeness (QED) is 0.382. The van der Waals surface area contributed by atoms with Crippen molar-refractivity contribution < 1.29 is 22.7 Å². The van der Waals surface area contributed by atoms with E-state index in [9.17, 15) is 13.2 Å². The van der Waals surface area contributed by atoms with Crippen LogP contribution in [0.15, 0.2) is 41.3 Å². The summed E-state index contributed by atoms with van der Waals surface area (Å²) in [7, 11) is -5.10. The topological polar surface area (TPSA) is 72.9 Å². The Kier molecular flexibility index (Phi) is 6.27. The molecule has 1 saturated heterocycles. The lowest BCUT2D eigenvalue weighted by atomic mass is 9.97. The van der Waals surface area contributed by atoms with E-state index >= 15 is 0 Å². The zero-order valence-corrected chi connectivity index (χ0v) is 20.5. The molecule has 0 amide bonds. The molecular formula is C21H33NO5SSi. The van der Waals surface area contributed by atoms with Gasteiger partial charge in [0.25, 0.3) is 0 Å². The van der Waals surface area contributed by atoms with Crippen molar-refractivity contribution >= 4 is 24.1 Å². The van der Waals surface area contributed by atoms with E-state index in [1.165, 1.54) is 11.4 Å². The molecule has 0 N–H and O–H groups in total. The third-order valence-corrected chi connectivity index (χ3v) is 14.6. The van der Waals surface area contributed by atoms with Gasteiger partial charge in [0.1, 0.15) is 19.5 Å². The Hall–Kier alpha value is -1.48. The number of rotatable bonds is 6. The minimum atomic E-state index is -4.05. The standard InChI is InChI=1S/C21H33NO5SSi/c1-10-27-19(23)18-16(3)21(26-7,29(8,9)20(4,5)6)22(18)28(24,25)17-13-11-15(2)12-14-17/h11-14,18H,3,10H2,1-2,4-9H3/t18-,21?/m0/s1. The van der Waals surface area contributed by atoms with Crippen LogP contribution in [0.3, 0.4) is 0 Å². The van der Waals surface area contributed by atoms with Crippen LogP contribution in [0.1, 0.15) is 33.3 Å². The molecule has 0 spiro atoms. The second-order valence-corrected chi connectivity index (χ2v) is 16.3. The highest BCUT2D eigenvalue weighted by Crippen LogP contribution is 2.57. The lowest BCUT2D eigenvalue weighted by Crippen LogP contribution is -2.83. The molecule has 29 heavy (non-hydrogen) atoms. The second-order valence-electron chi connectivity index (χ2n) is 9.02. The Morgan fingerprint density at radius 2 is 1.76 bits per heavy atom. The van der Waals surface area contributed by atoms with E-state index in [2.05, 4.69) is 40.4 Å². The van der Waals surface area contributed by atoms with Crippen LogP contribution in [-0.4, -0.2) is 51.9 Å². The van der Waals surface area contributed by atoms with E-state index in [0.29, 0.717) is 5.57 Å². The molecule has 1 heterocycles. The van der Waals surface area contributed by atoms with Crippen LogP contribution in [0, 0.1) is 6.92 Å². The summed E-state index contributed by atoms with van der Waals surface area (Å²) in [6, 6.07) is 5.49. The minimum Gasteiger partial charge on any atom is -0.465 e. The number of ether oxygens (including phenoxy) is 2. The second kappa shape index (κ2) is 7.65. The molecule has 0 aliphatic carbocycles. The summed E-state index contributed by atoms with van der Waals surface area (Å²) in [5.74, 6) is -0.625. The first kappa shape index (κ1) is 23.8. The Morgan fingerprint density at radius 3 is 2.17 bits per heavy atom. The van der Waals surface area contributed by atoms with Crippen molar-refractivity contribution in [1.29, 1.82) is 0 Å². The normalized spacial score (nSPS) is 23.6.